The van der Waals surface area contributed by atoms with E-state index < -0.39 is 17.5 Å². The summed E-state index contributed by atoms with van der Waals surface area (Å²) in [5.41, 5.74) is -0.565. The molecule has 0 unspecified atom stereocenters. The smallest absolute Gasteiger partial charge is 0.268 e. The van der Waals surface area contributed by atoms with Crippen LogP contribution in [-0.4, -0.2) is 24.4 Å². The van der Waals surface area contributed by atoms with Gasteiger partial charge in [0.05, 0.1) is 0 Å². The van der Waals surface area contributed by atoms with Crippen LogP contribution in [0.4, 0.5) is 4.39 Å². The van der Waals surface area contributed by atoms with E-state index in [0.717, 1.165) is 19.4 Å². The summed E-state index contributed by atoms with van der Waals surface area (Å²) in [5, 5.41) is 5.51. The van der Waals surface area contributed by atoms with Gasteiger partial charge in [0.15, 0.2) is 0 Å². The highest BCUT2D eigenvalue weighted by atomic mass is 19.1. The van der Waals surface area contributed by atoms with Crippen molar-refractivity contribution in [2.45, 2.75) is 50.2 Å². The molecule has 0 aliphatic carbocycles. The average molecular weight is 304 g/mol. The Morgan fingerprint density at radius 3 is 2.59 bits per heavy atom. The monoisotopic (exact) mass is 304 g/mol. The van der Waals surface area contributed by atoms with Crippen LogP contribution in [0.1, 0.15) is 49.7 Å². The molecule has 2 aliphatic heterocycles. The summed E-state index contributed by atoms with van der Waals surface area (Å²) >= 11 is 0. The number of carbonyl (C=O) groups excluding carboxylic acids is 2. The molecule has 0 bridgehead atoms. The van der Waals surface area contributed by atoms with E-state index in [1.165, 1.54) is 5.56 Å². The lowest BCUT2D eigenvalue weighted by Crippen LogP contribution is -2.49. The topological polar surface area (TPSA) is 58.2 Å². The lowest BCUT2D eigenvalue weighted by atomic mass is 9.83. The fraction of sp³-hybridized carbons (Fsp3) is 0.529. The van der Waals surface area contributed by atoms with E-state index in [-0.39, 0.29) is 12.8 Å². The van der Waals surface area contributed by atoms with Crippen LogP contribution in [-0.2, 0) is 15.3 Å². The molecular weight excluding hydrogens is 283 g/mol. The minimum atomic E-state index is -2.09. The second-order valence-corrected chi connectivity index (χ2v) is 6.38. The Labute approximate surface area is 129 Å². The highest BCUT2D eigenvalue weighted by molar-refractivity contribution is 6.02. The SMILES string of the molecule is C[C@@H]1C[C@@H](c2ccc([C@@]3(F)CCC(=O)NC3=O)cc2)CCN1. The summed E-state index contributed by atoms with van der Waals surface area (Å²) in [6, 6.07) is 7.71. The third kappa shape index (κ3) is 2.77. The quantitative estimate of drug-likeness (QED) is 0.823. The van der Waals surface area contributed by atoms with E-state index in [0.29, 0.717) is 17.5 Å². The van der Waals surface area contributed by atoms with Gasteiger partial charge in [-0.1, -0.05) is 24.3 Å². The molecule has 2 aliphatic rings. The lowest BCUT2D eigenvalue weighted by molar-refractivity contribution is -0.144. The Kier molecular flexibility index (Phi) is 4.00. The number of hydrogen-bond acceptors (Lipinski definition) is 3. The molecule has 1 aromatic carbocycles. The summed E-state index contributed by atoms with van der Waals surface area (Å²) in [4.78, 5) is 23.0. The number of piperidine rings is 2. The molecule has 3 rings (SSSR count). The van der Waals surface area contributed by atoms with Crippen molar-refractivity contribution in [3.8, 4) is 0 Å². The largest absolute Gasteiger partial charge is 0.314 e. The highest BCUT2D eigenvalue weighted by Crippen LogP contribution is 2.35. The molecule has 1 aromatic rings. The van der Waals surface area contributed by atoms with Crippen molar-refractivity contribution in [2.24, 2.45) is 0 Å². The van der Waals surface area contributed by atoms with Gasteiger partial charge in [0, 0.05) is 18.9 Å². The van der Waals surface area contributed by atoms with Crippen molar-refractivity contribution in [3.63, 3.8) is 0 Å². The summed E-state index contributed by atoms with van der Waals surface area (Å²) in [6.07, 6.45) is 2.09. The molecule has 118 valence electrons. The van der Waals surface area contributed by atoms with E-state index in [1.54, 1.807) is 12.1 Å². The standard InChI is InChI=1S/C17H21FN2O2/c1-11-10-13(7-9-19-11)12-2-4-14(5-3-12)17(18)8-6-15(21)20-16(17)22/h2-5,11,13,19H,6-10H2,1H3,(H,20,21,22)/t11-,13+,17+/m1/s1. The fourth-order valence-electron chi connectivity index (χ4n) is 3.42. The Balaban J connectivity index is 1.79. The van der Waals surface area contributed by atoms with Crippen LogP contribution in [0.3, 0.4) is 0 Å². The van der Waals surface area contributed by atoms with Crippen LogP contribution in [0.15, 0.2) is 24.3 Å². The molecule has 3 atom stereocenters. The number of rotatable bonds is 2. The Morgan fingerprint density at radius 2 is 1.95 bits per heavy atom. The molecule has 2 fully saturated rings. The molecule has 2 heterocycles. The van der Waals surface area contributed by atoms with E-state index in [9.17, 15) is 14.0 Å². The number of benzene rings is 1. The number of imide groups is 1. The second kappa shape index (κ2) is 5.80. The first kappa shape index (κ1) is 15.2. The van der Waals surface area contributed by atoms with Gasteiger partial charge in [0.25, 0.3) is 5.91 Å². The van der Waals surface area contributed by atoms with Gasteiger partial charge < -0.3 is 5.32 Å². The molecule has 0 radical (unpaired) electrons. The zero-order valence-corrected chi connectivity index (χ0v) is 12.7. The van der Waals surface area contributed by atoms with Crippen LogP contribution >= 0.6 is 0 Å². The summed E-state index contributed by atoms with van der Waals surface area (Å²) in [6.45, 7) is 3.16. The molecular formula is C17H21FN2O2. The van der Waals surface area contributed by atoms with Crippen LogP contribution in [0.2, 0.25) is 0 Å². The van der Waals surface area contributed by atoms with E-state index in [2.05, 4.69) is 17.6 Å². The van der Waals surface area contributed by atoms with Gasteiger partial charge in [-0.05, 0) is 43.4 Å². The minimum Gasteiger partial charge on any atom is -0.314 e. The average Bonchev–Trinajstić information content (AvgIpc) is 2.52. The highest BCUT2D eigenvalue weighted by Gasteiger charge is 2.44. The number of alkyl halides is 1. The Hall–Kier alpha value is -1.75. The second-order valence-electron chi connectivity index (χ2n) is 6.38. The third-order valence-electron chi connectivity index (χ3n) is 4.77. The van der Waals surface area contributed by atoms with Crippen molar-refractivity contribution in [2.75, 3.05) is 6.54 Å². The molecule has 2 saturated heterocycles. The number of amides is 2. The molecule has 22 heavy (non-hydrogen) atoms. The Bertz CT molecular complexity index is 587. The summed E-state index contributed by atoms with van der Waals surface area (Å²) in [7, 11) is 0. The summed E-state index contributed by atoms with van der Waals surface area (Å²) in [5.74, 6) is -0.770. The van der Waals surface area contributed by atoms with Crippen molar-refractivity contribution >= 4 is 11.8 Å². The fourth-order valence-corrected chi connectivity index (χ4v) is 3.42. The molecule has 0 aromatic heterocycles. The van der Waals surface area contributed by atoms with Gasteiger partial charge in [0.1, 0.15) is 0 Å². The van der Waals surface area contributed by atoms with Gasteiger partial charge in [-0.2, -0.15) is 0 Å². The molecule has 0 spiro atoms. The molecule has 2 N–H and O–H groups in total. The van der Waals surface area contributed by atoms with Gasteiger partial charge in [-0.15, -0.1) is 0 Å². The minimum absolute atomic E-state index is 0.0375. The van der Waals surface area contributed by atoms with Crippen LogP contribution in [0.5, 0.6) is 0 Å². The zero-order valence-electron chi connectivity index (χ0n) is 12.7. The third-order valence-corrected chi connectivity index (χ3v) is 4.77. The van der Waals surface area contributed by atoms with Crippen molar-refractivity contribution in [3.05, 3.63) is 35.4 Å². The Morgan fingerprint density at radius 1 is 1.23 bits per heavy atom. The molecule has 0 saturated carbocycles. The maximum absolute atomic E-state index is 14.9. The van der Waals surface area contributed by atoms with Crippen molar-refractivity contribution in [1.29, 1.82) is 0 Å². The summed E-state index contributed by atoms with van der Waals surface area (Å²) < 4.78 is 14.9. The predicted octanol–water partition coefficient (Wildman–Crippen LogP) is 2.14. The maximum Gasteiger partial charge on any atom is 0.268 e. The van der Waals surface area contributed by atoms with Gasteiger partial charge >= 0.3 is 0 Å². The maximum atomic E-state index is 14.9. The van der Waals surface area contributed by atoms with Crippen molar-refractivity contribution < 1.29 is 14.0 Å². The molecule has 5 heteroatoms. The van der Waals surface area contributed by atoms with Crippen LogP contribution in [0.25, 0.3) is 0 Å². The van der Waals surface area contributed by atoms with Crippen LogP contribution < -0.4 is 10.6 Å². The lowest BCUT2D eigenvalue weighted by Gasteiger charge is -2.30. The first-order chi connectivity index (χ1) is 10.5. The van der Waals surface area contributed by atoms with Gasteiger partial charge in [-0.25, -0.2) is 4.39 Å². The van der Waals surface area contributed by atoms with Gasteiger partial charge in [-0.3, -0.25) is 14.9 Å². The van der Waals surface area contributed by atoms with E-state index in [1.807, 2.05) is 12.1 Å². The number of halogens is 1. The number of carbonyl (C=O) groups is 2. The van der Waals surface area contributed by atoms with E-state index >= 15 is 0 Å². The normalized spacial score (nSPS) is 32.6. The molecule has 4 nitrogen and oxygen atoms in total. The number of nitrogens with one attached hydrogen (secondary N) is 2. The van der Waals surface area contributed by atoms with Crippen molar-refractivity contribution in [1.82, 2.24) is 10.6 Å². The first-order valence-corrected chi connectivity index (χ1v) is 7.86. The first-order valence-electron chi connectivity index (χ1n) is 7.86. The predicted molar refractivity (Wildman–Crippen MR) is 81.1 cm³/mol. The molecule has 2 amide bonds. The van der Waals surface area contributed by atoms with E-state index in [4.69, 9.17) is 0 Å². The number of hydrogen-bond donors (Lipinski definition) is 2. The zero-order chi connectivity index (χ0) is 15.7. The van der Waals surface area contributed by atoms with Gasteiger partial charge in [0.2, 0.25) is 11.6 Å². The van der Waals surface area contributed by atoms with Crippen LogP contribution in [0, 0.1) is 0 Å².